The molecule has 1 aromatic heterocycles. The third-order valence-corrected chi connectivity index (χ3v) is 4.05. The lowest BCUT2D eigenvalue weighted by Gasteiger charge is -2.39. The average Bonchev–Trinajstić information content (AvgIpc) is 2.45. The smallest absolute Gasteiger partial charge is 0.223 e. The van der Waals surface area contributed by atoms with Gasteiger partial charge in [0.1, 0.15) is 0 Å². The Morgan fingerprint density at radius 2 is 2.21 bits per heavy atom. The van der Waals surface area contributed by atoms with Crippen LogP contribution in [-0.2, 0) is 11.2 Å². The first-order chi connectivity index (χ1) is 9.22. The molecule has 1 aliphatic heterocycles. The Kier molecular flexibility index (Phi) is 4.91. The quantitative estimate of drug-likeness (QED) is 0.895. The topological polar surface area (TPSA) is 59.2 Å². The Morgan fingerprint density at radius 1 is 1.47 bits per heavy atom. The molecule has 0 aromatic carbocycles. The molecule has 2 rings (SSSR count). The second kappa shape index (κ2) is 6.66. The Hall–Kier alpha value is -1.42. The fraction of sp³-hybridized carbons (Fsp3) is 0.600. The highest BCUT2D eigenvalue weighted by molar-refractivity contribution is 5.77. The number of carbonyl (C=O) groups excluding carboxylic acids is 1. The van der Waals surface area contributed by atoms with Crippen molar-refractivity contribution in [2.24, 2.45) is 11.7 Å². The summed E-state index contributed by atoms with van der Waals surface area (Å²) < 4.78 is 0. The van der Waals surface area contributed by atoms with E-state index >= 15 is 0 Å². The van der Waals surface area contributed by atoms with E-state index in [1.165, 1.54) is 6.42 Å². The van der Waals surface area contributed by atoms with Crippen molar-refractivity contribution in [3.05, 3.63) is 30.1 Å². The molecule has 2 N–H and O–H groups in total. The number of carbonyl (C=O) groups is 1. The van der Waals surface area contributed by atoms with Gasteiger partial charge >= 0.3 is 0 Å². The molecule has 0 aliphatic carbocycles. The number of aryl methyl sites for hydroxylation is 1. The van der Waals surface area contributed by atoms with Gasteiger partial charge in [0.2, 0.25) is 5.91 Å². The molecule has 2 atom stereocenters. The normalized spacial score (nSPS) is 23.4. The van der Waals surface area contributed by atoms with Crippen molar-refractivity contribution >= 4 is 5.91 Å². The van der Waals surface area contributed by atoms with Crippen molar-refractivity contribution in [3.63, 3.8) is 0 Å². The van der Waals surface area contributed by atoms with E-state index in [0.717, 1.165) is 24.9 Å². The predicted molar refractivity (Wildman–Crippen MR) is 75.5 cm³/mol. The zero-order valence-electron chi connectivity index (χ0n) is 11.6. The Bertz CT molecular complexity index is 407. The molecule has 1 amide bonds. The molecule has 1 fully saturated rings. The highest BCUT2D eigenvalue weighted by Gasteiger charge is 2.30. The van der Waals surface area contributed by atoms with E-state index in [1.54, 1.807) is 12.4 Å². The molecule has 1 saturated heterocycles. The molecule has 0 bridgehead atoms. The zero-order valence-corrected chi connectivity index (χ0v) is 11.6. The summed E-state index contributed by atoms with van der Waals surface area (Å²) in [6.07, 6.45) is 7.16. The van der Waals surface area contributed by atoms with Gasteiger partial charge in [-0.25, -0.2) is 0 Å². The summed E-state index contributed by atoms with van der Waals surface area (Å²) in [7, 11) is 0. The summed E-state index contributed by atoms with van der Waals surface area (Å²) in [6, 6.07) is 4.15. The molecule has 2 heterocycles. The number of piperidine rings is 1. The van der Waals surface area contributed by atoms with Gasteiger partial charge in [0, 0.05) is 37.9 Å². The number of nitrogens with zero attached hydrogens (tertiary/aromatic N) is 2. The monoisotopic (exact) mass is 261 g/mol. The lowest BCUT2D eigenvalue weighted by molar-refractivity contribution is -0.136. The van der Waals surface area contributed by atoms with Crippen LogP contribution in [0.25, 0.3) is 0 Å². The highest BCUT2D eigenvalue weighted by atomic mass is 16.2. The number of amides is 1. The van der Waals surface area contributed by atoms with Crippen molar-refractivity contribution in [1.82, 2.24) is 9.88 Å². The maximum Gasteiger partial charge on any atom is 0.223 e. The molecule has 0 unspecified atom stereocenters. The maximum atomic E-state index is 12.3. The van der Waals surface area contributed by atoms with Crippen molar-refractivity contribution in [1.29, 1.82) is 0 Å². The van der Waals surface area contributed by atoms with Crippen LogP contribution in [0.4, 0.5) is 0 Å². The maximum absolute atomic E-state index is 12.3. The van der Waals surface area contributed by atoms with Crippen LogP contribution in [0.2, 0.25) is 0 Å². The van der Waals surface area contributed by atoms with Crippen molar-refractivity contribution in [2.75, 3.05) is 13.1 Å². The Labute approximate surface area is 115 Å². The summed E-state index contributed by atoms with van der Waals surface area (Å²) in [5, 5.41) is 0. The van der Waals surface area contributed by atoms with E-state index < -0.39 is 0 Å². The molecule has 1 aromatic rings. The molecule has 4 heteroatoms. The van der Waals surface area contributed by atoms with E-state index in [0.29, 0.717) is 18.9 Å². The van der Waals surface area contributed by atoms with Crippen molar-refractivity contribution in [3.8, 4) is 0 Å². The zero-order chi connectivity index (χ0) is 13.7. The number of hydrogen-bond acceptors (Lipinski definition) is 3. The standard InChI is InChI=1S/C15H23N3O/c1-12-3-2-10-18(14(12)11-16)15(19)5-4-13-6-8-17-9-7-13/h6-9,12,14H,2-5,10-11,16H2,1H3/t12-,14+/m0/s1. The molecular weight excluding hydrogens is 238 g/mol. The first-order valence-electron chi connectivity index (χ1n) is 7.11. The minimum absolute atomic E-state index is 0.221. The lowest BCUT2D eigenvalue weighted by atomic mass is 9.90. The number of aromatic nitrogens is 1. The fourth-order valence-corrected chi connectivity index (χ4v) is 2.86. The van der Waals surface area contributed by atoms with Crippen LogP contribution >= 0.6 is 0 Å². The van der Waals surface area contributed by atoms with Crippen molar-refractivity contribution < 1.29 is 4.79 Å². The van der Waals surface area contributed by atoms with Gasteiger partial charge in [-0.1, -0.05) is 6.92 Å². The first kappa shape index (κ1) is 14.0. The van der Waals surface area contributed by atoms with Crippen LogP contribution in [0, 0.1) is 5.92 Å². The number of pyridine rings is 1. The highest BCUT2D eigenvalue weighted by Crippen LogP contribution is 2.23. The number of hydrogen-bond donors (Lipinski definition) is 1. The van der Waals surface area contributed by atoms with Crippen LogP contribution in [0.3, 0.4) is 0 Å². The molecular formula is C15H23N3O. The SMILES string of the molecule is C[C@H]1CCCN(C(=O)CCc2ccncc2)[C@@H]1CN. The van der Waals surface area contributed by atoms with E-state index in [9.17, 15) is 4.79 Å². The van der Waals surface area contributed by atoms with Gasteiger partial charge in [-0.2, -0.15) is 0 Å². The summed E-state index contributed by atoms with van der Waals surface area (Å²) >= 11 is 0. The van der Waals surface area contributed by atoms with E-state index in [1.807, 2.05) is 17.0 Å². The van der Waals surface area contributed by atoms with Crippen LogP contribution in [0.15, 0.2) is 24.5 Å². The van der Waals surface area contributed by atoms with Gasteiger partial charge in [-0.3, -0.25) is 9.78 Å². The van der Waals surface area contributed by atoms with Gasteiger partial charge in [0.25, 0.3) is 0 Å². The minimum atomic E-state index is 0.221. The van der Waals surface area contributed by atoms with E-state index in [-0.39, 0.29) is 11.9 Å². The first-order valence-corrected chi connectivity index (χ1v) is 7.11. The number of rotatable bonds is 4. The van der Waals surface area contributed by atoms with Crippen LogP contribution in [0.1, 0.15) is 31.7 Å². The molecule has 0 spiro atoms. The molecule has 4 nitrogen and oxygen atoms in total. The summed E-state index contributed by atoms with van der Waals surface area (Å²) in [6.45, 7) is 3.63. The predicted octanol–water partition coefficient (Wildman–Crippen LogP) is 1.60. The number of nitrogens with two attached hydrogens (primary N) is 1. The second-order valence-electron chi connectivity index (χ2n) is 5.37. The average molecular weight is 261 g/mol. The third kappa shape index (κ3) is 3.53. The van der Waals surface area contributed by atoms with Gasteiger partial charge in [-0.15, -0.1) is 0 Å². The van der Waals surface area contributed by atoms with Gasteiger partial charge in [0.15, 0.2) is 0 Å². The van der Waals surface area contributed by atoms with E-state index in [2.05, 4.69) is 11.9 Å². The second-order valence-corrected chi connectivity index (χ2v) is 5.37. The largest absolute Gasteiger partial charge is 0.338 e. The summed E-state index contributed by atoms with van der Waals surface area (Å²) in [5.74, 6) is 0.752. The van der Waals surface area contributed by atoms with Crippen molar-refractivity contribution in [2.45, 2.75) is 38.6 Å². The minimum Gasteiger partial charge on any atom is -0.338 e. The summed E-state index contributed by atoms with van der Waals surface area (Å²) in [4.78, 5) is 18.3. The van der Waals surface area contributed by atoms with Crippen LogP contribution in [-0.4, -0.2) is 34.9 Å². The summed E-state index contributed by atoms with van der Waals surface area (Å²) in [5.41, 5.74) is 6.99. The Balaban J connectivity index is 1.91. The molecule has 19 heavy (non-hydrogen) atoms. The van der Waals surface area contributed by atoms with Crippen LogP contribution < -0.4 is 5.73 Å². The van der Waals surface area contributed by atoms with Gasteiger partial charge < -0.3 is 10.6 Å². The fourth-order valence-electron chi connectivity index (χ4n) is 2.86. The van der Waals surface area contributed by atoms with Gasteiger partial charge in [-0.05, 0) is 42.9 Å². The van der Waals surface area contributed by atoms with Crippen LogP contribution in [0.5, 0.6) is 0 Å². The third-order valence-electron chi connectivity index (χ3n) is 4.05. The molecule has 104 valence electrons. The molecule has 0 radical (unpaired) electrons. The van der Waals surface area contributed by atoms with Gasteiger partial charge in [0.05, 0.1) is 0 Å². The van der Waals surface area contributed by atoms with E-state index in [4.69, 9.17) is 5.73 Å². The molecule has 1 aliphatic rings. The lowest BCUT2D eigenvalue weighted by Crippen LogP contribution is -2.51. The number of likely N-dealkylation sites (tertiary alicyclic amines) is 1. The Morgan fingerprint density at radius 3 is 2.89 bits per heavy atom. The molecule has 0 saturated carbocycles.